The van der Waals surface area contributed by atoms with Gasteiger partial charge in [0, 0.05) is 13.2 Å². The molecule has 6 nitrogen and oxygen atoms in total. The zero-order valence-corrected chi connectivity index (χ0v) is 9.78. The molecule has 3 aromatic heterocycles. The monoisotopic (exact) mass is 247 g/mol. The number of nitrogens with zero attached hydrogens (tertiary/aromatic N) is 3. The van der Waals surface area contributed by atoms with Gasteiger partial charge in [-0.1, -0.05) is 0 Å². The minimum atomic E-state index is -0.207. The van der Waals surface area contributed by atoms with E-state index in [1.165, 1.54) is 16.0 Å². The summed E-state index contributed by atoms with van der Waals surface area (Å²) in [6, 6.07) is 3.58. The van der Waals surface area contributed by atoms with Crippen LogP contribution >= 0.6 is 11.3 Å². The van der Waals surface area contributed by atoms with Crippen LogP contribution in [0.1, 0.15) is 10.5 Å². The molecular weight excluding hydrogens is 238 g/mol. The number of anilines is 1. The third-order valence-corrected chi connectivity index (χ3v) is 3.28. The molecule has 0 fully saturated rings. The van der Waals surface area contributed by atoms with Crippen LogP contribution in [0.25, 0.3) is 10.2 Å². The van der Waals surface area contributed by atoms with Gasteiger partial charge in [-0.15, -0.1) is 11.3 Å². The fourth-order valence-electron chi connectivity index (χ4n) is 1.61. The standard InChI is InChI=1S/C10H9N5OS/c1-15-7(2-4-11-15)9(16)12-8-6-3-5-17-10(6)14-13-8/h2-5H,1H3,(H2,12,13,14,16). The zero-order valence-electron chi connectivity index (χ0n) is 8.97. The molecular formula is C10H9N5OS. The minimum absolute atomic E-state index is 0.207. The lowest BCUT2D eigenvalue weighted by atomic mass is 10.3. The third-order valence-electron chi connectivity index (χ3n) is 2.48. The van der Waals surface area contributed by atoms with Crippen molar-refractivity contribution in [1.82, 2.24) is 20.0 Å². The summed E-state index contributed by atoms with van der Waals surface area (Å²) < 4.78 is 1.52. The van der Waals surface area contributed by atoms with Crippen LogP contribution in [0.15, 0.2) is 23.7 Å². The summed E-state index contributed by atoms with van der Waals surface area (Å²) in [5.74, 6) is 0.411. The van der Waals surface area contributed by atoms with E-state index >= 15 is 0 Å². The molecule has 0 aliphatic heterocycles. The van der Waals surface area contributed by atoms with Crippen LogP contribution in [0.2, 0.25) is 0 Å². The lowest BCUT2D eigenvalue weighted by Crippen LogP contribution is -2.16. The number of aryl methyl sites for hydroxylation is 1. The molecule has 0 saturated heterocycles. The summed E-state index contributed by atoms with van der Waals surface area (Å²) in [5, 5.41) is 16.5. The summed E-state index contributed by atoms with van der Waals surface area (Å²) in [6.07, 6.45) is 1.59. The second kappa shape index (κ2) is 3.70. The Morgan fingerprint density at radius 3 is 3.18 bits per heavy atom. The Hall–Kier alpha value is -2.15. The van der Waals surface area contributed by atoms with Crippen molar-refractivity contribution < 1.29 is 4.79 Å². The van der Waals surface area contributed by atoms with E-state index in [9.17, 15) is 4.79 Å². The minimum Gasteiger partial charge on any atom is -0.305 e. The maximum atomic E-state index is 11.9. The Labute approximate surface area is 100 Å². The highest BCUT2D eigenvalue weighted by Gasteiger charge is 2.13. The number of rotatable bonds is 2. The Morgan fingerprint density at radius 2 is 2.41 bits per heavy atom. The quantitative estimate of drug-likeness (QED) is 0.722. The van der Waals surface area contributed by atoms with E-state index in [0.29, 0.717) is 11.5 Å². The zero-order chi connectivity index (χ0) is 11.8. The highest BCUT2D eigenvalue weighted by Crippen LogP contribution is 2.25. The number of aromatic nitrogens is 4. The number of hydrogen-bond acceptors (Lipinski definition) is 4. The number of nitrogens with one attached hydrogen (secondary N) is 2. The first-order valence-corrected chi connectivity index (χ1v) is 5.84. The fraction of sp³-hybridized carbons (Fsp3) is 0.100. The molecule has 3 heterocycles. The van der Waals surface area contributed by atoms with Gasteiger partial charge in [-0.3, -0.25) is 14.6 Å². The van der Waals surface area contributed by atoms with Crippen molar-refractivity contribution in [2.75, 3.05) is 5.32 Å². The van der Waals surface area contributed by atoms with Gasteiger partial charge in [0.15, 0.2) is 0 Å². The normalized spacial score (nSPS) is 10.9. The Balaban J connectivity index is 1.91. The largest absolute Gasteiger partial charge is 0.305 e. The smallest absolute Gasteiger partial charge is 0.275 e. The molecule has 2 N–H and O–H groups in total. The number of hydrogen-bond donors (Lipinski definition) is 2. The molecule has 0 aromatic carbocycles. The van der Waals surface area contributed by atoms with Gasteiger partial charge in [-0.05, 0) is 17.5 Å². The van der Waals surface area contributed by atoms with Crippen LogP contribution in [-0.2, 0) is 7.05 Å². The number of H-pyrrole nitrogens is 1. The van der Waals surface area contributed by atoms with Gasteiger partial charge in [0.25, 0.3) is 5.91 Å². The van der Waals surface area contributed by atoms with Crippen LogP contribution < -0.4 is 5.32 Å². The molecule has 0 saturated carbocycles. The Bertz CT molecular complexity index is 680. The number of thiophene rings is 1. The van der Waals surface area contributed by atoms with Crippen LogP contribution in [-0.4, -0.2) is 25.9 Å². The Morgan fingerprint density at radius 1 is 1.53 bits per heavy atom. The van der Waals surface area contributed by atoms with Crippen molar-refractivity contribution in [3.05, 3.63) is 29.4 Å². The van der Waals surface area contributed by atoms with Gasteiger partial charge in [0.2, 0.25) is 0 Å². The number of carbonyl (C=O) groups is 1. The van der Waals surface area contributed by atoms with Crippen molar-refractivity contribution in [1.29, 1.82) is 0 Å². The first kappa shape index (κ1) is 10.0. The van der Waals surface area contributed by atoms with E-state index in [0.717, 1.165) is 10.2 Å². The molecule has 0 spiro atoms. The van der Waals surface area contributed by atoms with Gasteiger partial charge in [-0.2, -0.15) is 10.2 Å². The van der Waals surface area contributed by atoms with Crippen molar-refractivity contribution in [3.63, 3.8) is 0 Å². The molecule has 0 atom stereocenters. The molecule has 0 aliphatic rings. The molecule has 0 aliphatic carbocycles. The lowest BCUT2D eigenvalue weighted by Gasteiger charge is -2.02. The number of amides is 1. The average molecular weight is 247 g/mol. The van der Waals surface area contributed by atoms with Gasteiger partial charge >= 0.3 is 0 Å². The van der Waals surface area contributed by atoms with Crippen molar-refractivity contribution in [2.24, 2.45) is 7.05 Å². The summed E-state index contributed by atoms with van der Waals surface area (Å²) in [6.45, 7) is 0. The number of aromatic amines is 1. The highest BCUT2D eigenvalue weighted by atomic mass is 32.1. The number of fused-ring (bicyclic) bond motifs is 1. The first-order valence-electron chi connectivity index (χ1n) is 4.96. The maximum absolute atomic E-state index is 11.9. The van der Waals surface area contributed by atoms with E-state index in [-0.39, 0.29) is 5.91 Å². The van der Waals surface area contributed by atoms with Crippen LogP contribution in [0.5, 0.6) is 0 Å². The lowest BCUT2D eigenvalue weighted by molar-refractivity contribution is 0.101. The fourth-order valence-corrected chi connectivity index (χ4v) is 2.34. The molecule has 0 bridgehead atoms. The third kappa shape index (κ3) is 1.60. The first-order chi connectivity index (χ1) is 8.25. The van der Waals surface area contributed by atoms with Gasteiger partial charge in [0.05, 0.1) is 5.39 Å². The summed E-state index contributed by atoms with van der Waals surface area (Å²) in [4.78, 5) is 12.8. The van der Waals surface area contributed by atoms with Crippen LogP contribution in [0, 0.1) is 0 Å². The Kier molecular flexibility index (Phi) is 2.19. The second-order valence-corrected chi connectivity index (χ2v) is 4.43. The van der Waals surface area contributed by atoms with Crippen molar-refractivity contribution >= 4 is 33.3 Å². The molecule has 7 heteroatoms. The van der Waals surface area contributed by atoms with Gasteiger partial charge in [-0.25, -0.2) is 0 Å². The molecule has 3 aromatic rings. The van der Waals surface area contributed by atoms with Gasteiger partial charge in [0.1, 0.15) is 16.3 Å². The van der Waals surface area contributed by atoms with Crippen LogP contribution in [0.3, 0.4) is 0 Å². The van der Waals surface area contributed by atoms with E-state index in [4.69, 9.17) is 0 Å². The summed E-state index contributed by atoms with van der Waals surface area (Å²) in [7, 11) is 1.72. The van der Waals surface area contributed by atoms with E-state index in [1.54, 1.807) is 19.3 Å². The molecule has 1 amide bonds. The predicted octanol–water partition coefficient (Wildman–Crippen LogP) is 1.61. The molecule has 17 heavy (non-hydrogen) atoms. The second-order valence-electron chi connectivity index (χ2n) is 3.53. The predicted molar refractivity (Wildman–Crippen MR) is 65.1 cm³/mol. The van der Waals surface area contributed by atoms with Gasteiger partial charge < -0.3 is 5.32 Å². The molecule has 0 radical (unpaired) electrons. The van der Waals surface area contributed by atoms with Crippen LogP contribution in [0.4, 0.5) is 5.82 Å². The average Bonchev–Trinajstić information content (AvgIpc) is 2.96. The van der Waals surface area contributed by atoms with E-state index in [2.05, 4.69) is 20.6 Å². The SMILES string of the molecule is Cn1nccc1C(=O)Nc1[nH]nc2sccc12. The molecule has 3 rings (SSSR count). The summed E-state index contributed by atoms with van der Waals surface area (Å²) >= 11 is 1.52. The molecule has 86 valence electrons. The number of carbonyl (C=O) groups excluding carboxylic acids is 1. The van der Waals surface area contributed by atoms with E-state index in [1.807, 2.05) is 11.4 Å². The maximum Gasteiger partial charge on any atom is 0.275 e. The highest BCUT2D eigenvalue weighted by molar-refractivity contribution is 7.16. The summed E-state index contributed by atoms with van der Waals surface area (Å²) in [5.41, 5.74) is 0.503. The topological polar surface area (TPSA) is 75.6 Å². The van der Waals surface area contributed by atoms with Crippen molar-refractivity contribution in [2.45, 2.75) is 0 Å². The van der Waals surface area contributed by atoms with Crippen molar-refractivity contribution in [3.8, 4) is 0 Å². The molecule has 0 unspecified atom stereocenters. The van der Waals surface area contributed by atoms with E-state index < -0.39 is 0 Å².